The molecule has 0 heterocycles. The highest BCUT2D eigenvalue weighted by Gasteiger charge is 2.18. The summed E-state index contributed by atoms with van der Waals surface area (Å²) in [7, 11) is 1.14. The maximum atomic E-state index is 11.5. The van der Waals surface area contributed by atoms with Gasteiger partial charge >= 0.3 is 12.1 Å². The molecule has 0 aliphatic rings. The Balaban J connectivity index is 3.12. The predicted octanol–water partition coefficient (Wildman–Crippen LogP) is 2.07. The van der Waals surface area contributed by atoms with Gasteiger partial charge in [-0.25, -0.2) is 9.79 Å². The molecule has 2 N–H and O–H groups in total. The largest absolute Gasteiger partial charge is 0.494 e. The van der Waals surface area contributed by atoms with Crippen LogP contribution in [0.3, 0.4) is 0 Å². The second-order valence-corrected chi connectivity index (χ2v) is 5.00. The van der Waals surface area contributed by atoms with Gasteiger partial charge in [0.05, 0.1) is 25.2 Å². The summed E-state index contributed by atoms with van der Waals surface area (Å²) in [5.41, 5.74) is -0.248. The smallest absolute Gasteiger partial charge is 0.413 e. The van der Waals surface area contributed by atoms with Gasteiger partial charge in [-0.05, 0) is 19.4 Å². The topological polar surface area (TPSA) is 141 Å². The van der Waals surface area contributed by atoms with Crippen LogP contribution in [0.25, 0.3) is 0 Å². The molecule has 11 heteroatoms. The fourth-order valence-electron chi connectivity index (χ4n) is 1.82. The Morgan fingerprint density at radius 3 is 2.63 bits per heavy atom. The number of methoxy groups -OCH3 is 1. The van der Waals surface area contributed by atoms with Crippen LogP contribution >= 0.6 is 0 Å². The summed E-state index contributed by atoms with van der Waals surface area (Å²) >= 11 is 0. The number of nitrogens with one attached hydrogen (secondary N) is 2. The molecule has 11 nitrogen and oxygen atoms in total. The van der Waals surface area contributed by atoms with E-state index in [4.69, 9.17) is 9.47 Å². The molecule has 0 aromatic heterocycles. The Labute approximate surface area is 155 Å². The molecule has 0 fully saturated rings. The molecular formula is C16H22N4O7. The number of carbonyl (C=O) groups excluding carboxylic acids is 2. The molecule has 1 rings (SSSR count). The van der Waals surface area contributed by atoms with E-state index in [1.54, 1.807) is 6.92 Å². The van der Waals surface area contributed by atoms with Crippen molar-refractivity contribution in [2.24, 2.45) is 4.99 Å². The van der Waals surface area contributed by atoms with Gasteiger partial charge < -0.3 is 19.5 Å². The van der Waals surface area contributed by atoms with E-state index in [0.29, 0.717) is 12.4 Å². The Morgan fingerprint density at radius 1 is 1.30 bits per heavy atom. The van der Waals surface area contributed by atoms with Gasteiger partial charge in [-0.15, -0.1) is 0 Å². The Hall–Kier alpha value is -3.37. The lowest BCUT2D eigenvalue weighted by molar-refractivity contribution is -0.383. The zero-order chi connectivity index (χ0) is 20.2. The minimum absolute atomic E-state index is 0.0209. The highest BCUT2D eigenvalue weighted by molar-refractivity contribution is 6.04. The van der Waals surface area contributed by atoms with Gasteiger partial charge in [-0.1, -0.05) is 6.92 Å². The van der Waals surface area contributed by atoms with Gasteiger partial charge in [-0.2, -0.15) is 0 Å². The van der Waals surface area contributed by atoms with Crippen LogP contribution < -0.4 is 15.4 Å². The number of hydrogen-bond acceptors (Lipinski definition) is 8. The maximum absolute atomic E-state index is 11.5. The van der Waals surface area contributed by atoms with Crippen molar-refractivity contribution >= 4 is 29.4 Å². The van der Waals surface area contributed by atoms with E-state index in [2.05, 4.69) is 20.4 Å². The third-order valence-corrected chi connectivity index (χ3v) is 2.97. The van der Waals surface area contributed by atoms with Crippen LogP contribution in [0.1, 0.15) is 20.3 Å². The summed E-state index contributed by atoms with van der Waals surface area (Å²) in [5, 5.41) is 16.1. The molecule has 1 amide bonds. The number of amides is 1. The number of esters is 1. The Bertz CT molecular complexity index is 706. The molecule has 0 atom stereocenters. The van der Waals surface area contributed by atoms with Crippen LogP contribution in [0.15, 0.2) is 23.2 Å². The van der Waals surface area contributed by atoms with Crippen LogP contribution in [0.4, 0.5) is 16.2 Å². The number of carbonyl (C=O) groups is 2. The molecule has 0 spiro atoms. The van der Waals surface area contributed by atoms with E-state index in [0.717, 1.165) is 13.5 Å². The van der Waals surface area contributed by atoms with Crippen molar-refractivity contribution in [2.75, 3.05) is 32.2 Å². The van der Waals surface area contributed by atoms with E-state index in [1.165, 1.54) is 18.2 Å². The van der Waals surface area contributed by atoms with Crippen molar-refractivity contribution in [2.45, 2.75) is 20.3 Å². The molecule has 1 aromatic rings. The molecule has 0 saturated heterocycles. The van der Waals surface area contributed by atoms with Crippen molar-refractivity contribution in [3.05, 3.63) is 28.3 Å². The first-order valence-corrected chi connectivity index (χ1v) is 8.14. The molecule has 1 aromatic carbocycles. The minimum Gasteiger partial charge on any atom is -0.494 e. The second-order valence-electron chi connectivity index (χ2n) is 5.00. The van der Waals surface area contributed by atoms with Crippen LogP contribution in [-0.4, -0.2) is 49.8 Å². The van der Waals surface area contributed by atoms with Crippen molar-refractivity contribution in [1.29, 1.82) is 0 Å². The average Bonchev–Trinajstić information content (AvgIpc) is 2.64. The summed E-state index contributed by atoms with van der Waals surface area (Å²) in [6, 6.07) is 4.11. The number of aliphatic imine (C=N–C) groups is 1. The summed E-state index contributed by atoms with van der Waals surface area (Å²) in [6.45, 7) is 3.76. The molecule has 148 valence electrons. The first-order valence-electron chi connectivity index (χ1n) is 8.14. The number of benzene rings is 1. The Morgan fingerprint density at radius 2 is 2.04 bits per heavy atom. The van der Waals surface area contributed by atoms with E-state index < -0.39 is 23.5 Å². The van der Waals surface area contributed by atoms with Crippen LogP contribution in [0, 0.1) is 10.1 Å². The number of rotatable bonds is 8. The summed E-state index contributed by atoms with van der Waals surface area (Å²) in [5.74, 6) is -0.448. The van der Waals surface area contributed by atoms with Crippen LogP contribution in [0.5, 0.6) is 5.75 Å². The molecule has 0 aliphatic heterocycles. The van der Waals surface area contributed by atoms with Crippen molar-refractivity contribution < 1.29 is 28.7 Å². The molecule has 0 radical (unpaired) electrons. The fraction of sp³-hybridized carbons (Fsp3) is 0.438. The van der Waals surface area contributed by atoms with E-state index in [9.17, 15) is 19.7 Å². The lowest BCUT2D eigenvalue weighted by atomic mass is 10.2. The van der Waals surface area contributed by atoms with Gasteiger partial charge in [0.25, 0.3) is 5.69 Å². The number of guanidine groups is 1. The zero-order valence-corrected chi connectivity index (χ0v) is 15.3. The molecule has 0 bridgehead atoms. The molecule has 0 saturated carbocycles. The van der Waals surface area contributed by atoms with Crippen molar-refractivity contribution in [3.63, 3.8) is 0 Å². The van der Waals surface area contributed by atoms with Crippen LogP contribution in [-0.2, 0) is 14.3 Å². The SMILES string of the molecule is CCCOc1ccc([N+](=O)[O-])c(NC(=NCC(=O)OCC)NC(=O)OC)c1. The molecular weight excluding hydrogens is 360 g/mol. The van der Waals surface area contributed by atoms with E-state index in [1.807, 2.05) is 6.92 Å². The first kappa shape index (κ1) is 21.7. The first-order chi connectivity index (χ1) is 12.9. The summed E-state index contributed by atoms with van der Waals surface area (Å²) < 4.78 is 14.7. The van der Waals surface area contributed by atoms with E-state index in [-0.39, 0.29) is 23.9 Å². The molecule has 0 unspecified atom stereocenters. The van der Waals surface area contributed by atoms with Gasteiger partial charge in [0.2, 0.25) is 5.96 Å². The Kier molecular flexibility index (Phi) is 9.06. The quantitative estimate of drug-likeness (QED) is 0.229. The number of hydrogen-bond donors (Lipinski definition) is 2. The van der Waals surface area contributed by atoms with Gasteiger partial charge in [0.15, 0.2) is 0 Å². The molecule has 0 aliphatic carbocycles. The third-order valence-electron chi connectivity index (χ3n) is 2.97. The molecule has 27 heavy (non-hydrogen) atoms. The standard InChI is InChI=1S/C16H22N4O7/c1-4-8-27-11-6-7-13(20(23)24)12(9-11)18-15(19-16(22)25-3)17-10-14(21)26-5-2/h6-7,9H,4-5,8,10H2,1-3H3,(H2,17,18,19,22). The minimum atomic E-state index is -0.869. The summed E-state index contributed by atoms with van der Waals surface area (Å²) in [4.78, 5) is 37.5. The normalized spacial score (nSPS) is 10.7. The predicted molar refractivity (Wildman–Crippen MR) is 97.0 cm³/mol. The lowest BCUT2D eigenvalue weighted by Crippen LogP contribution is -2.36. The average molecular weight is 382 g/mol. The van der Waals surface area contributed by atoms with Gasteiger partial charge in [0, 0.05) is 12.1 Å². The van der Waals surface area contributed by atoms with E-state index >= 15 is 0 Å². The van der Waals surface area contributed by atoms with Gasteiger partial charge in [-0.3, -0.25) is 20.2 Å². The number of nitro benzene ring substituents is 1. The van der Waals surface area contributed by atoms with Crippen LogP contribution in [0.2, 0.25) is 0 Å². The third kappa shape index (κ3) is 7.59. The highest BCUT2D eigenvalue weighted by Crippen LogP contribution is 2.29. The number of nitrogens with zero attached hydrogens (tertiary/aromatic N) is 2. The second kappa shape index (κ2) is 11.3. The lowest BCUT2D eigenvalue weighted by Gasteiger charge is -2.12. The monoisotopic (exact) mass is 382 g/mol. The zero-order valence-electron chi connectivity index (χ0n) is 15.3. The van der Waals surface area contributed by atoms with Crippen molar-refractivity contribution in [1.82, 2.24) is 5.32 Å². The number of alkyl carbamates (subject to hydrolysis) is 1. The number of nitro groups is 1. The van der Waals surface area contributed by atoms with Crippen molar-refractivity contribution in [3.8, 4) is 5.75 Å². The summed E-state index contributed by atoms with van der Waals surface area (Å²) in [6.07, 6.45) is -0.109. The maximum Gasteiger partial charge on any atom is 0.413 e. The highest BCUT2D eigenvalue weighted by atomic mass is 16.6. The number of anilines is 1. The fourth-order valence-corrected chi connectivity index (χ4v) is 1.82. The van der Waals surface area contributed by atoms with Gasteiger partial charge in [0.1, 0.15) is 18.0 Å². The number of ether oxygens (including phenoxy) is 3.